The maximum absolute atomic E-state index is 12.2. The fraction of sp³-hybridized carbons (Fsp3) is 0.308. The van der Waals surface area contributed by atoms with Gasteiger partial charge >= 0.3 is 5.69 Å². The summed E-state index contributed by atoms with van der Waals surface area (Å²) in [4.78, 5) is 16.5. The van der Waals surface area contributed by atoms with Gasteiger partial charge < -0.3 is 0 Å². The van der Waals surface area contributed by atoms with Crippen LogP contribution in [0, 0.1) is 33.1 Å². The van der Waals surface area contributed by atoms with E-state index in [4.69, 9.17) is 18.0 Å². The Hall–Kier alpha value is -2.06. The summed E-state index contributed by atoms with van der Waals surface area (Å²) in [5.41, 5.74) is 1.13. The highest BCUT2D eigenvalue weighted by atomic mass is 35.5. The van der Waals surface area contributed by atoms with Crippen LogP contribution in [-0.4, -0.2) is 19.3 Å². The van der Waals surface area contributed by atoms with E-state index in [2.05, 4.69) is 16.0 Å². The third kappa shape index (κ3) is 2.27. The normalized spacial score (nSPS) is 10.5. The highest BCUT2D eigenvalue weighted by Crippen LogP contribution is 2.18. The Morgan fingerprint density at radius 2 is 2.11 bits per heavy atom. The number of aromatic nitrogens is 4. The lowest BCUT2D eigenvalue weighted by Crippen LogP contribution is -2.25. The molecule has 6 heteroatoms. The first-order valence-electron chi connectivity index (χ1n) is 5.69. The number of aryl methyl sites for hydroxylation is 3. The predicted molar refractivity (Wildman–Crippen MR) is 73.7 cm³/mol. The van der Waals surface area contributed by atoms with Gasteiger partial charge in [0.2, 0.25) is 0 Å². The van der Waals surface area contributed by atoms with Crippen LogP contribution in [0.25, 0.3) is 5.82 Å². The van der Waals surface area contributed by atoms with Crippen LogP contribution in [0.1, 0.15) is 17.1 Å². The fourth-order valence-corrected chi connectivity index (χ4v) is 1.99. The largest absolute Gasteiger partial charge is 0.353 e. The van der Waals surface area contributed by atoms with Gasteiger partial charge in [-0.2, -0.15) is 4.68 Å². The van der Waals surface area contributed by atoms with Crippen molar-refractivity contribution in [3.8, 4) is 18.2 Å². The Morgan fingerprint density at radius 1 is 1.42 bits per heavy atom. The minimum absolute atomic E-state index is 0.191. The van der Waals surface area contributed by atoms with Crippen molar-refractivity contribution in [3.63, 3.8) is 0 Å². The fourth-order valence-electron chi connectivity index (χ4n) is 1.78. The average molecular weight is 277 g/mol. The first kappa shape index (κ1) is 13.4. The van der Waals surface area contributed by atoms with E-state index < -0.39 is 0 Å². The summed E-state index contributed by atoms with van der Waals surface area (Å²) in [5.74, 6) is 3.46. The van der Waals surface area contributed by atoms with Crippen molar-refractivity contribution in [1.29, 1.82) is 0 Å². The molecular formula is C13H13ClN4O. The van der Waals surface area contributed by atoms with Gasteiger partial charge in [-0.05, 0) is 32.4 Å². The van der Waals surface area contributed by atoms with Crippen molar-refractivity contribution in [2.45, 2.75) is 27.3 Å². The molecule has 0 atom stereocenters. The molecule has 19 heavy (non-hydrogen) atoms. The van der Waals surface area contributed by atoms with Gasteiger partial charge in [-0.3, -0.25) is 4.57 Å². The van der Waals surface area contributed by atoms with E-state index in [1.807, 2.05) is 6.92 Å². The minimum Gasteiger partial charge on any atom is -0.267 e. The van der Waals surface area contributed by atoms with Gasteiger partial charge in [0.1, 0.15) is 5.82 Å². The number of hydrogen-bond donors (Lipinski definition) is 0. The second-order valence-electron chi connectivity index (χ2n) is 4.23. The van der Waals surface area contributed by atoms with E-state index >= 15 is 0 Å². The number of pyridine rings is 1. The van der Waals surface area contributed by atoms with Crippen LogP contribution in [0.15, 0.2) is 10.9 Å². The average Bonchev–Trinajstić information content (AvgIpc) is 2.62. The Bertz CT molecular complexity index is 736. The van der Waals surface area contributed by atoms with Crippen LogP contribution in [0.4, 0.5) is 0 Å². The Kier molecular flexibility index (Phi) is 3.45. The van der Waals surface area contributed by atoms with Crippen molar-refractivity contribution in [2.75, 3.05) is 0 Å². The molecule has 0 radical (unpaired) electrons. The molecule has 0 unspecified atom stereocenters. The molecule has 0 aliphatic carbocycles. The Labute approximate surface area is 115 Å². The summed E-state index contributed by atoms with van der Waals surface area (Å²) in [6, 6.07) is 1.77. The van der Waals surface area contributed by atoms with E-state index in [9.17, 15) is 4.79 Å². The molecule has 0 aliphatic heterocycles. The topological polar surface area (TPSA) is 52.7 Å². The number of terminal acetylenes is 1. The Balaban J connectivity index is 2.67. The lowest BCUT2D eigenvalue weighted by molar-refractivity contribution is 0.742. The number of nitrogens with zero attached hydrogens (tertiary/aromatic N) is 4. The first-order valence-corrected chi connectivity index (χ1v) is 6.07. The van der Waals surface area contributed by atoms with Crippen molar-refractivity contribution < 1.29 is 0 Å². The smallest absolute Gasteiger partial charge is 0.267 e. The summed E-state index contributed by atoms with van der Waals surface area (Å²) in [5, 5.41) is 4.76. The lowest BCUT2D eigenvalue weighted by Gasteiger charge is -2.06. The number of halogens is 1. The third-order valence-corrected chi connectivity index (χ3v) is 3.20. The second-order valence-corrected chi connectivity index (χ2v) is 4.64. The summed E-state index contributed by atoms with van der Waals surface area (Å²) in [6.45, 7) is 5.53. The van der Waals surface area contributed by atoms with Gasteiger partial charge in [0.05, 0.1) is 17.3 Å². The van der Waals surface area contributed by atoms with E-state index in [0.717, 1.165) is 5.56 Å². The van der Waals surface area contributed by atoms with Gasteiger partial charge in [-0.1, -0.05) is 17.5 Å². The molecule has 0 saturated heterocycles. The molecule has 0 N–H and O–H groups in total. The molecule has 5 nitrogen and oxygen atoms in total. The van der Waals surface area contributed by atoms with E-state index in [1.165, 1.54) is 9.25 Å². The zero-order valence-corrected chi connectivity index (χ0v) is 11.7. The van der Waals surface area contributed by atoms with Crippen LogP contribution in [-0.2, 0) is 6.54 Å². The molecule has 0 aromatic carbocycles. The van der Waals surface area contributed by atoms with Gasteiger partial charge in [0.25, 0.3) is 0 Å². The maximum atomic E-state index is 12.2. The maximum Gasteiger partial charge on any atom is 0.353 e. The highest BCUT2D eigenvalue weighted by Gasteiger charge is 2.14. The summed E-state index contributed by atoms with van der Waals surface area (Å²) < 4.78 is 2.68. The summed E-state index contributed by atoms with van der Waals surface area (Å²) in [6.07, 6.45) is 5.24. The SMILES string of the molecule is C#CCn1c(C)nn(-c2nc(C)c(Cl)cc2C)c1=O. The van der Waals surface area contributed by atoms with E-state index in [-0.39, 0.29) is 12.2 Å². The molecule has 2 heterocycles. The van der Waals surface area contributed by atoms with Gasteiger partial charge in [-0.25, -0.2) is 9.78 Å². The van der Waals surface area contributed by atoms with Crippen LogP contribution >= 0.6 is 11.6 Å². The van der Waals surface area contributed by atoms with Gasteiger partial charge in [-0.15, -0.1) is 11.5 Å². The second kappa shape index (κ2) is 4.90. The molecular weight excluding hydrogens is 264 g/mol. The third-order valence-electron chi connectivity index (χ3n) is 2.81. The first-order chi connectivity index (χ1) is 8.95. The van der Waals surface area contributed by atoms with Crippen molar-refractivity contribution in [1.82, 2.24) is 19.3 Å². The van der Waals surface area contributed by atoms with Crippen LogP contribution in [0.5, 0.6) is 0 Å². The van der Waals surface area contributed by atoms with Crippen molar-refractivity contribution in [3.05, 3.63) is 38.7 Å². The molecule has 0 saturated carbocycles. The zero-order valence-electron chi connectivity index (χ0n) is 10.9. The predicted octanol–water partition coefficient (Wildman–Crippen LogP) is 1.64. The van der Waals surface area contributed by atoms with Crippen LogP contribution in [0.2, 0.25) is 5.02 Å². The monoisotopic (exact) mass is 276 g/mol. The van der Waals surface area contributed by atoms with Crippen LogP contribution < -0.4 is 5.69 Å². The molecule has 2 aromatic heterocycles. The zero-order chi connectivity index (χ0) is 14.2. The quantitative estimate of drug-likeness (QED) is 0.784. The van der Waals surface area contributed by atoms with Gasteiger partial charge in [0.15, 0.2) is 5.82 Å². The molecule has 98 valence electrons. The number of hydrogen-bond acceptors (Lipinski definition) is 3. The number of rotatable bonds is 2. The molecule has 0 spiro atoms. The summed E-state index contributed by atoms with van der Waals surface area (Å²) in [7, 11) is 0. The highest BCUT2D eigenvalue weighted by molar-refractivity contribution is 6.31. The Morgan fingerprint density at radius 3 is 2.74 bits per heavy atom. The molecule has 2 aromatic rings. The van der Waals surface area contributed by atoms with Gasteiger partial charge in [0, 0.05) is 0 Å². The molecule has 2 rings (SSSR count). The molecule has 0 aliphatic rings. The van der Waals surface area contributed by atoms with E-state index in [1.54, 1.807) is 19.9 Å². The van der Waals surface area contributed by atoms with Crippen LogP contribution in [0.3, 0.4) is 0 Å². The van der Waals surface area contributed by atoms with Crippen molar-refractivity contribution in [2.24, 2.45) is 0 Å². The van der Waals surface area contributed by atoms with Crippen molar-refractivity contribution >= 4 is 11.6 Å². The summed E-state index contributed by atoms with van der Waals surface area (Å²) >= 11 is 6.00. The lowest BCUT2D eigenvalue weighted by atomic mass is 10.2. The standard InChI is InChI=1S/C13H13ClN4O/c1-5-6-17-10(4)16-18(13(17)19)12-8(2)7-11(14)9(3)15-12/h1,7H,6H2,2-4H3. The molecule has 0 fully saturated rings. The minimum atomic E-state index is -0.298. The van der Waals surface area contributed by atoms with E-state index in [0.29, 0.717) is 22.4 Å². The molecule has 0 bridgehead atoms. The molecule has 0 amide bonds.